The summed E-state index contributed by atoms with van der Waals surface area (Å²) in [5, 5.41) is 13.8. The zero-order valence-corrected chi connectivity index (χ0v) is 11.8. The van der Waals surface area contributed by atoms with Crippen molar-refractivity contribution < 1.29 is 9.72 Å². The second kappa shape index (κ2) is 5.80. The molecule has 0 aliphatic carbocycles. The van der Waals surface area contributed by atoms with Crippen LogP contribution in [0.4, 0.5) is 17.1 Å². The lowest BCUT2D eigenvalue weighted by molar-refractivity contribution is -0.384. The topological polar surface area (TPSA) is 98.3 Å². The molecule has 0 bridgehead atoms. The van der Waals surface area contributed by atoms with Gasteiger partial charge in [-0.05, 0) is 36.8 Å². The van der Waals surface area contributed by atoms with Crippen LogP contribution in [-0.2, 0) is 0 Å². The minimum atomic E-state index is -0.547. The van der Waals surface area contributed by atoms with Crippen molar-refractivity contribution in [3.8, 4) is 0 Å². The van der Waals surface area contributed by atoms with Crippen LogP contribution in [0.1, 0.15) is 15.9 Å². The molecule has 0 spiro atoms. The van der Waals surface area contributed by atoms with Crippen LogP contribution in [0.15, 0.2) is 36.4 Å². The molecule has 0 fully saturated rings. The third-order valence-corrected chi connectivity index (χ3v) is 3.00. The van der Waals surface area contributed by atoms with Crippen LogP contribution in [0.2, 0.25) is 5.02 Å². The van der Waals surface area contributed by atoms with Gasteiger partial charge < -0.3 is 11.1 Å². The number of carbonyl (C=O) groups is 1. The van der Waals surface area contributed by atoms with Gasteiger partial charge in [0, 0.05) is 22.3 Å². The van der Waals surface area contributed by atoms with Gasteiger partial charge in [-0.25, -0.2) is 0 Å². The first kappa shape index (κ1) is 14.8. The van der Waals surface area contributed by atoms with E-state index in [2.05, 4.69) is 5.32 Å². The number of nitro benzene ring substituents is 1. The summed E-state index contributed by atoms with van der Waals surface area (Å²) < 4.78 is 0. The zero-order valence-electron chi connectivity index (χ0n) is 11.1. The van der Waals surface area contributed by atoms with Gasteiger partial charge >= 0.3 is 0 Å². The highest BCUT2D eigenvalue weighted by Crippen LogP contribution is 2.26. The van der Waals surface area contributed by atoms with Crippen LogP contribution < -0.4 is 11.1 Å². The van der Waals surface area contributed by atoms with E-state index < -0.39 is 10.8 Å². The highest BCUT2D eigenvalue weighted by molar-refractivity contribution is 6.31. The maximum absolute atomic E-state index is 12.1. The number of hydrogen-bond donors (Lipinski definition) is 2. The number of nitrogens with zero attached hydrogens (tertiary/aromatic N) is 1. The highest BCUT2D eigenvalue weighted by atomic mass is 35.5. The molecule has 0 radical (unpaired) electrons. The number of anilines is 2. The second-order valence-corrected chi connectivity index (χ2v) is 4.94. The first-order valence-corrected chi connectivity index (χ1v) is 6.37. The molecule has 21 heavy (non-hydrogen) atoms. The van der Waals surface area contributed by atoms with Crippen molar-refractivity contribution in [2.45, 2.75) is 6.92 Å². The first-order chi connectivity index (χ1) is 9.86. The van der Waals surface area contributed by atoms with Gasteiger partial charge in [0.1, 0.15) is 5.69 Å². The Morgan fingerprint density at radius 1 is 1.29 bits per heavy atom. The van der Waals surface area contributed by atoms with E-state index in [1.54, 1.807) is 13.0 Å². The lowest BCUT2D eigenvalue weighted by Gasteiger charge is -2.07. The maximum Gasteiger partial charge on any atom is 0.293 e. The molecule has 0 aliphatic rings. The molecule has 0 unspecified atom stereocenters. The third kappa shape index (κ3) is 3.49. The van der Waals surface area contributed by atoms with Crippen molar-refractivity contribution >= 4 is 34.6 Å². The Bertz CT molecular complexity index is 711. The monoisotopic (exact) mass is 305 g/mol. The number of nitrogens with one attached hydrogen (secondary N) is 1. The summed E-state index contributed by atoms with van der Waals surface area (Å²) in [6.07, 6.45) is 0. The summed E-state index contributed by atoms with van der Waals surface area (Å²) in [5.74, 6) is -0.517. The Morgan fingerprint density at radius 3 is 2.62 bits per heavy atom. The number of hydrogen-bond acceptors (Lipinski definition) is 4. The normalized spacial score (nSPS) is 10.2. The molecule has 0 atom stereocenters. The number of amides is 1. The summed E-state index contributed by atoms with van der Waals surface area (Å²) in [7, 11) is 0. The minimum Gasteiger partial charge on any atom is -0.399 e. The average molecular weight is 306 g/mol. The number of nitrogens with two attached hydrogens (primary N) is 1. The van der Waals surface area contributed by atoms with Gasteiger partial charge in [0.25, 0.3) is 11.6 Å². The van der Waals surface area contributed by atoms with Crippen LogP contribution in [0, 0.1) is 17.0 Å². The van der Waals surface area contributed by atoms with Gasteiger partial charge in [-0.2, -0.15) is 0 Å². The molecule has 0 saturated heterocycles. The number of nitro groups is 1. The van der Waals surface area contributed by atoms with Crippen molar-refractivity contribution in [2.75, 3.05) is 11.1 Å². The van der Waals surface area contributed by atoms with E-state index in [4.69, 9.17) is 17.3 Å². The van der Waals surface area contributed by atoms with Gasteiger partial charge in [0.15, 0.2) is 0 Å². The Kier molecular flexibility index (Phi) is 4.09. The molecule has 7 heteroatoms. The maximum atomic E-state index is 12.1. The molecule has 0 aliphatic heterocycles. The lowest BCUT2D eigenvalue weighted by atomic mass is 10.1. The van der Waals surface area contributed by atoms with Crippen LogP contribution in [-0.4, -0.2) is 10.8 Å². The molecule has 2 rings (SSSR count). The molecule has 108 valence electrons. The minimum absolute atomic E-state index is 0.120. The van der Waals surface area contributed by atoms with E-state index in [1.807, 2.05) is 0 Å². The van der Waals surface area contributed by atoms with Gasteiger partial charge in [-0.15, -0.1) is 0 Å². The van der Waals surface area contributed by atoms with Crippen molar-refractivity contribution in [1.82, 2.24) is 0 Å². The van der Waals surface area contributed by atoms with Gasteiger partial charge in [-0.3, -0.25) is 14.9 Å². The van der Waals surface area contributed by atoms with Crippen molar-refractivity contribution in [2.24, 2.45) is 0 Å². The van der Waals surface area contributed by atoms with E-state index in [0.29, 0.717) is 10.7 Å². The van der Waals surface area contributed by atoms with E-state index >= 15 is 0 Å². The van der Waals surface area contributed by atoms with E-state index in [1.165, 1.54) is 30.3 Å². The number of nitrogen functional groups attached to an aromatic ring is 1. The van der Waals surface area contributed by atoms with Crippen LogP contribution >= 0.6 is 11.6 Å². The molecule has 2 aromatic rings. The van der Waals surface area contributed by atoms with E-state index in [0.717, 1.165) is 5.56 Å². The Hall–Kier alpha value is -2.60. The summed E-state index contributed by atoms with van der Waals surface area (Å²) in [6, 6.07) is 8.94. The quantitative estimate of drug-likeness (QED) is 0.516. The second-order valence-electron chi connectivity index (χ2n) is 4.51. The molecule has 3 N–H and O–H groups in total. The number of aryl methyl sites for hydroxylation is 1. The predicted molar refractivity (Wildman–Crippen MR) is 81.7 cm³/mol. The van der Waals surface area contributed by atoms with Crippen molar-refractivity contribution in [3.05, 3.63) is 62.7 Å². The van der Waals surface area contributed by atoms with E-state index in [-0.39, 0.29) is 16.9 Å². The Balaban J connectivity index is 2.33. The molecular formula is C14H12ClN3O3. The van der Waals surface area contributed by atoms with Crippen LogP contribution in [0.3, 0.4) is 0 Å². The fraction of sp³-hybridized carbons (Fsp3) is 0.0714. The number of benzene rings is 2. The largest absolute Gasteiger partial charge is 0.399 e. The Labute approximate surface area is 125 Å². The third-order valence-electron chi connectivity index (χ3n) is 2.78. The molecule has 6 nitrogen and oxygen atoms in total. The molecule has 1 amide bonds. The Morgan fingerprint density at radius 2 is 2.00 bits per heavy atom. The number of halogens is 1. The SMILES string of the molecule is Cc1ccc(NC(=O)c2cc(N)cc(Cl)c2)c([N+](=O)[O-])c1. The fourth-order valence-corrected chi connectivity index (χ4v) is 2.08. The van der Waals surface area contributed by atoms with Crippen LogP contribution in [0.5, 0.6) is 0 Å². The average Bonchev–Trinajstić information content (AvgIpc) is 2.39. The smallest absolute Gasteiger partial charge is 0.293 e. The summed E-state index contributed by atoms with van der Waals surface area (Å²) >= 11 is 5.83. The van der Waals surface area contributed by atoms with Crippen molar-refractivity contribution in [1.29, 1.82) is 0 Å². The van der Waals surface area contributed by atoms with Gasteiger partial charge in [-0.1, -0.05) is 17.7 Å². The first-order valence-electron chi connectivity index (χ1n) is 5.99. The fourth-order valence-electron chi connectivity index (χ4n) is 1.84. The molecule has 2 aromatic carbocycles. The summed E-state index contributed by atoms with van der Waals surface area (Å²) in [6.45, 7) is 1.73. The highest BCUT2D eigenvalue weighted by Gasteiger charge is 2.17. The number of carbonyl (C=O) groups excluding carboxylic acids is 1. The van der Waals surface area contributed by atoms with Crippen LogP contribution in [0.25, 0.3) is 0 Å². The van der Waals surface area contributed by atoms with Gasteiger partial charge in [0.2, 0.25) is 0 Å². The number of rotatable bonds is 3. The van der Waals surface area contributed by atoms with Gasteiger partial charge in [0.05, 0.1) is 4.92 Å². The molecule has 0 saturated carbocycles. The molecule has 0 heterocycles. The molecule has 0 aromatic heterocycles. The van der Waals surface area contributed by atoms with Crippen molar-refractivity contribution in [3.63, 3.8) is 0 Å². The molecular weight excluding hydrogens is 294 g/mol. The lowest BCUT2D eigenvalue weighted by Crippen LogP contribution is -2.13. The summed E-state index contributed by atoms with van der Waals surface area (Å²) in [4.78, 5) is 22.6. The predicted octanol–water partition coefficient (Wildman–Crippen LogP) is 3.39. The van der Waals surface area contributed by atoms with E-state index in [9.17, 15) is 14.9 Å². The zero-order chi connectivity index (χ0) is 15.6. The standard InChI is InChI=1S/C14H12ClN3O3/c1-8-2-3-12(13(4-8)18(20)21)17-14(19)9-5-10(15)7-11(16)6-9/h2-7H,16H2,1H3,(H,17,19). The summed E-state index contributed by atoms with van der Waals surface area (Å²) in [5.41, 5.74) is 6.87.